The number of amides is 2. The summed E-state index contributed by atoms with van der Waals surface area (Å²) in [6.07, 6.45) is 5.66. The molecule has 6 heteroatoms. The number of rotatable bonds is 7. The maximum atomic E-state index is 12.7. The molecule has 3 N–H and O–H groups in total. The van der Waals surface area contributed by atoms with E-state index in [0.29, 0.717) is 19.4 Å². The number of carbonyl (C=O) groups is 2. The van der Waals surface area contributed by atoms with Gasteiger partial charge in [-0.25, -0.2) is 0 Å². The van der Waals surface area contributed by atoms with Gasteiger partial charge >= 0.3 is 0 Å². The molecule has 2 aromatic rings. The van der Waals surface area contributed by atoms with Gasteiger partial charge in [0.15, 0.2) is 0 Å². The molecule has 2 atom stereocenters. The summed E-state index contributed by atoms with van der Waals surface area (Å²) in [5.74, 6) is -0.293. The predicted octanol–water partition coefficient (Wildman–Crippen LogP) is 2.68. The summed E-state index contributed by atoms with van der Waals surface area (Å²) >= 11 is 0. The Balaban J connectivity index is 1.70. The third kappa shape index (κ3) is 5.32. The lowest BCUT2D eigenvalue weighted by molar-refractivity contribution is -0.131. The van der Waals surface area contributed by atoms with Crippen molar-refractivity contribution in [3.63, 3.8) is 0 Å². The Kier molecular flexibility index (Phi) is 6.50. The Hall–Kier alpha value is -2.34. The van der Waals surface area contributed by atoms with E-state index in [1.54, 1.807) is 0 Å². The molecule has 6 nitrogen and oxygen atoms in total. The SMILES string of the molecule is CC(C)NC(=O)C(Cc1c[nH]c2ccccc12)NC(=O)CC1CCCCO1. The highest BCUT2D eigenvalue weighted by molar-refractivity contribution is 5.89. The summed E-state index contributed by atoms with van der Waals surface area (Å²) in [5.41, 5.74) is 2.04. The summed E-state index contributed by atoms with van der Waals surface area (Å²) in [5, 5.41) is 6.92. The number of para-hydroxylation sites is 1. The number of carbonyl (C=O) groups excluding carboxylic acids is 2. The average molecular weight is 371 g/mol. The van der Waals surface area contributed by atoms with Crippen molar-refractivity contribution in [3.8, 4) is 0 Å². The topological polar surface area (TPSA) is 83.2 Å². The molecule has 1 aromatic carbocycles. The van der Waals surface area contributed by atoms with E-state index in [-0.39, 0.29) is 24.0 Å². The number of benzene rings is 1. The molecule has 1 aliphatic heterocycles. The first kappa shape index (κ1) is 19.4. The van der Waals surface area contributed by atoms with E-state index < -0.39 is 6.04 Å². The third-order valence-corrected chi connectivity index (χ3v) is 4.87. The highest BCUT2D eigenvalue weighted by Gasteiger charge is 2.25. The van der Waals surface area contributed by atoms with Crippen LogP contribution in [0.2, 0.25) is 0 Å². The molecule has 2 unspecified atom stereocenters. The number of ether oxygens (including phenoxy) is 1. The highest BCUT2D eigenvalue weighted by atomic mass is 16.5. The molecule has 27 heavy (non-hydrogen) atoms. The van der Waals surface area contributed by atoms with Crippen molar-refractivity contribution in [1.82, 2.24) is 15.6 Å². The van der Waals surface area contributed by atoms with Gasteiger partial charge in [-0.2, -0.15) is 0 Å². The van der Waals surface area contributed by atoms with Gasteiger partial charge < -0.3 is 20.4 Å². The second kappa shape index (κ2) is 9.04. The minimum Gasteiger partial charge on any atom is -0.378 e. The fourth-order valence-electron chi connectivity index (χ4n) is 3.54. The first-order valence-corrected chi connectivity index (χ1v) is 9.79. The van der Waals surface area contributed by atoms with Gasteiger partial charge in [-0.3, -0.25) is 9.59 Å². The molecule has 1 fully saturated rings. The van der Waals surface area contributed by atoms with Gasteiger partial charge in [0.25, 0.3) is 0 Å². The number of fused-ring (bicyclic) bond motifs is 1. The zero-order chi connectivity index (χ0) is 19.2. The molecule has 0 saturated carbocycles. The van der Waals surface area contributed by atoms with Gasteiger partial charge in [-0.15, -0.1) is 0 Å². The van der Waals surface area contributed by atoms with Crippen LogP contribution in [0.25, 0.3) is 10.9 Å². The molecule has 0 bridgehead atoms. The first-order valence-electron chi connectivity index (χ1n) is 9.79. The summed E-state index contributed by atoms with van der Waals surface area (Å²) < 4.78 is 5.65. The standard InChI is InChI=1S/C21H29N3O3/c1-14(2)23-21(26)19(24-20(25)12-16-7-5-6-10-27-16)11-15-13-22-18-9-4-3-8-17(15)18/h3-4,8-9,13-14,16,19,22H,5-7,10-12H2,1-2H3,(H,23,26)(H,24,25). The molecule has 1 aliphatic rings. The molecule has 2 heterocycles. The van der Waals surface area contributed by atoms with Crippen molar-refractivity contribution < 1.29 is 14.3 Å². The normalized spacial score (nSPS) is 18.4. The Bertz CT molecular complexity index is 778. The average Bonchev–Trinajstić information content (AvgIpc) is 3.04. The number of hydrogen-bond acceptors (Lipinski definition) is 3. The summed E-state index contributed by atoms with van der Waals surface area (Å²) in [4.78, 5) is 28.4. The Morgan fingerprint density at radius 2 is 2.04 bits per heavy atom. The highest BCUT2D eigenvalue weighted by Crippen LogP contribution is 2.20. The van der Waals surface area contributed by atoms with Gasteiger partial charge in [0, 0.05) is 36.2 Å². The van der Waals surface area contributed by atoms with Crippen molar-refractivity contribution in [2.45, 2.75) is 64.1 Å². The van der Waals surface area contributed by atoms with Gasteiger partial charge in [-0.05, 0) is 44.7 Å². The summed E-state index contributed by atoms with van der Waals surface area (Å²) in [7, 11) is 0. The van der Waals surface area contributed by atoms with Gasteiger partial charge in [-0.1, -0.05) is 18.2 Å². The van der Waals surface area contributed by atoms with Crippen LogP contribution in [-0.2, 0) is 20.7 Å². The zero-order valence-corrected chi connectivity index (χ0v) is 16.1. The molecule has 146 valence electrons. The second-order valence-electron chi connectivity index (χ2n) is 7.54. The van der Waals surface area contributed by atoms with Crippen molar-refractivity contribution in [2.24, 2.45) is 0 Å². The van der Waals surface area contributed by atoms with Gasteiger partial charge in [0.2, 0.25) is 11.8 Å². The van der Waals surface area contributed by atoms with E-state index in [9.17, 15) is 9.59 Å². The molecular formula is C21H29N3O3. The van der Waals surface area contributed by atoms with Crippen molar-refractivity contribution >= 4 is 22.7 Å². The Morgan fingerprint density at radius 1 is 1.22 bits per heavy atom. The van der Waals surface area contributed by atoms with Crippen molar-refractivity contribution in [1.29, 1.82) is 0 Å². The fourth-order valence-corrected chi connectivity index (χ4v) is 3.54. The van der Waals surface area contributed by atoms with E-state index in [4.69, 9.17) is 4.74 Å². The number of hydrogen-bond donors (Lipinski definition) is 3. The number of aromatic nitrogens is 1. The molecule has 0 spiro atoms. The van der Waals surface area contributed by atoms with Gasteiger partial charge in [0.05, 0.1) is 12.5 Å². The molecular weight excluding hydrogens is 342 g/mol. The maximum absolute atomic E-state index is 12.7. The zero-order valence-electron chi connectivity index (χ0n) is 16.1. The van der Waals surface area contributed by atoms with Crippen LogP contribution in [0.3, 0.4) is 0 Å². The van der Waals surface area contributed by atoms with Crippen LogP contribution in [0.5, 0.6) is 0 Å². The van der Waals surface area contributed by atoms with Crippen molar-refractivity contribution in [3.05, 3.63) is 36.0 Å². The first-order chi connectivity index (χ1) is 13.0. The lowest BCUT2D eigenvalue weighted by Crippen LogP contribution is -2.50. The van der Waals surface area contributed by atoms with E-state index in [1.165, 1.54) is 0 Å². The van der Waals surface area contributed by atoms with Crippen LogP contribution in [0.1, 0.15) is 45.1 Å². The Morgan fingerprint density at radius 3 is 2.78 bits per heavy atom. The summed E-state index contributed by atoms with van der Waals surface area (Å²) in [6.45, 7) is 4.54. The quantitative estimate of drug-likeness (QED) is 0.700. The minimum absolute atomic E-state index is 0.0153. The van der Waals surface area contributed by atoms with Crippen LogP contribution in [0, 0.1) is 0 Å². The third-order valence-electron chi connectivity index (χ3n) is 4.87. The minimum atomic E-state index is -0.609. The van der Waals surface area contributed by atoms with Crippen LogP contribution >= 0.6 is 0 Å². The van der Waals surface area contributed by atoms with Crippen LogP contribution in [0.15, 0.2) is 30.5 Å². The van der Waals surface area contributed by atoms with E-state index in [2.05, 4.69) is 15.6 Å². The molecule has 3 rings (SSSR count). The molecule has 0 radical (unpaired) electrons. The monoisotopic (exact) mass is 371 g/mol. The fraction of sp³-hybridized carbons (Fsp3) is 0.524. The number of H-pyrrole nitrogens is 1. The number of nitrogens with one attached hydrogen (secondary N) is 3. The Labute approximate surface area is 160 Å². The lowest BCUT2D eigenvalue weighted by atomic mass is 10.0. The van der Waals surface area contributed by atoms with Gasteiger partial charge in [0.1, 0.15) is 6.04 Å². The van der Waals surface area contributed by atoms with Crippen LogP contribution in [-0.4, -0.2) is 41.6 Å². The molecule has 0 aliphatic carbocycles. The predicted molar refractivity (Wildman–Crippen MR) is 105 cm³/mol. The summed E-state index contributed by atoms with van der Waals surface area (Å²) in [6, 6.07) is 7.38. The molecule has 1 aromatic heterocycles. The van der Waals surface area contributed by atoms with E-state index >= 15 is 0 Å². The van der Waals surface area contributed by atoms with Crippen LogP contribution < -0.4 is 10.6 Å². The van der Waals surface area contributed by atoms with E-state index in [0.717, 1.165) is 35.7 Å². The molecule has 2 amide bonds. The van der Waals surface area contributed by atoms with Crippen LogP contribution in [0.4, 0.5) is 0 Å². The lowest BCUT2D eigenvalue weighted by Gasteiger charge is -2.24. The van der Waals surface area contributed by atoms with E-state index in [1.807, 2.05) is 44.3 Å². The maximum Gasteiger partial charge on any atom is 0.243 e. The second-order valence-corrected chi connectivity index (χ2v) is 7.54. The largest absolute Gasteiger partial charge is 0.378 e. The smallest absolute Gasteiger partial charge is 0.243 e. The van der Waals surface area contributed by atoms with Crippen molar-refractivity contribution in [2.75, 3.05) is 6.61 Å². The molecule has 1 saturated heterocycles. The number of aromatic amines is 1.